The van der Waals surface area contributed by atoms with Gasteiger partial charge in [0, 0.05) is 31.8 Å². The molecule has 2 unspecified atom stereocenters. The SMILES string of the molecule is Cn1cnc(C2CC3CC(O)(c4ncnn4C)CC3C2)c1C(=O)Nc1ccc(F)c(F)c1. The Morgan fingerprint density at radius 3 is 2.50 bits per heavy atom. The molecule has 2 atom stereocenters. The molecular formula is C22H24F2N6O2. The van der Waals surface area contributed by atoms with Crippen LogP contribution in [0, 0.1) is 23.5 Å². The maximum Gasteiger partial charge on any atom is 0.274 e. The second kappa shape index (κ2) is 7.47. The summed E-state index contributed by atoms with van der Waals surface area (Å²) in [5.74, 6) is -1.14. The van der Waals surface area contributed by atoms with Crippen molar-refractivity contribution in [3.8, 4) is 0 Å². The summed E-state index contributed by atoms with van der Waals surface area (Å²) in [6.07, 6.45) is 5.88. The number of nitrogens with zero attached hydrogens (tertiary/aromatic N) is 5. The van der Waals surface area contributed by atoms with Crippen LogP contribution in [-0.4, -0.2) is 35.3 Å². The van der Waals surface area contributed by atoms with E-state index in [1.807, 2.05) is 0 Å². The van der Waals surface area contributed by atoms with Crippen LogP contribution < -0.4 is 5.32 Å². The summed E-state index contributed by atoms with van der Waals surface area (Å²) in [6, 6.07) is 3.25. The fourth-order valence-electron chi connectivity index (χ4n) is 5.57. The number of carbonyl (C=O) groups excluding carboxylic acids is 1. The van der Waals surface area contributed by atoms with Gasteiger partial charge in [0.15, 0.2) is 17.5 Å². The van der Waals surface area contributed by atoms with Gasteiger partial charge in [-0.15, -0.1) is 0 Å². The highest BCUT2D eigenvalue weighted by Gasteiger charge is 2.52. The zero-order valence-corrected chi connectivity index (χ0v) is 17.8. The molecule has 2 heterocycles. The molecule has 0 spiro atoms. The lowest BCUT2D eigenvalue weighted by Gasteiger charge is -2.23. The number of nitrogens with one attached hydrogen (secondary N) is 1. The van der Waals surface area contributed by atoms with E-state index in [1.54, 1.807) is 29.7 Å². The molecule has 0 saturated heterocycles. The second-order valence-corrected chi connectivity index (χ2v) is 9.01. The average Bonchev–Trinajstić information content (AvgIpc) is 3.47. The number of hydrogen-bond donors (Lipinski definition) is 2. The van der Waals surface area contributed by atoms with Crippen molar-refractivity contribution in [1.82, 2.24) is 24.3 Å². The van der Waals surface area contributed by atoms with Gasteiger partial charge in [-0.05, 0) is 49.7 Å². The molecule has 8 nitrogen and oxygen atoms in total. The Hall–Kier alpha value is -3.14. The summed E-state index contributed by atoms with van der Waals surface area (Å²) in [4.78, 5) is 21.7. The van der Waals surface area contributed by atoms with E-state index in [0.29, 0.717) is 41.9 Å². The number of benzene rings is 1. The molecular weight excluding hydrogens is 418 g/mol. The second-order valence-electron chi connectivity index (χ2n) is 9.01. The molecule has 2 N–H and O–H groups in total. The van der Waals surface area contributed by atoms with Crippen molar-refractivity contribution < 1.29 is 18.7 Å². The molecule has 168 valence electrons. The number of halogens is 2. The van der Waals surface area contributed by atoms with Crippen LogP contribution in [0.4, 0.5) is 14.5 Å². The summed E-state index contributed by atoms with van der Waals surface area (Å²) in [7, 11) is 3.52. The number of rotatable bonds is 4. The van der Waals surface area contributed by atoms with E-state index >= 15 is 0 Å². The van der Waals surface area contributed by atoms with Crippen LogP contribution in [0.25, 0.3) is 0 Å². The first-order valence-electron chi connectivity index (χ1n) is 10.6. The topological polar surface area (TPSA) is 97.9 Å². The zero-order valence-electron chi connectivity index (χ0n) is 17.8. The quantitative estimate of drug-likeness (QED) is 0.648. The van der Waals surface area contributed by atoms with E-state index in [0.717, 1.165) is 25.0 Å². The van der Waals surface area contributed by atoms with Crippen LogP contribution in [0.2, 0.25) is 0 Å². The molecule has 32 heavy (non-hydrogen) atoms. The van der Waals surface area contributed by atoms with Crippen molar-refractivity contribution in [3.63, 3.8) is 0 Å². The van der Waals surface area contributed by atoms with E-state index in [4.69, 9.17) is 0 Å². The van der Waals surface area contributed by atoms with Crippen molar-refractivity contribution in [2.45, 2.75) is 37.2 Å². The van der Waals surface area contributed by atoms with Gasteiger partial charge in [0.25, 0.3) is 5.91 Å². The highest BCUT2D eigenvalue weighted by molar-refractivity contribution is 6.04. The number of imidazole rings is 1. The largest absolute Gasteiger partial charge is 0.382 e. The lowest BCUT2D eigenvalue weighted by Crippen LogP contribution is -2.27. The molecule has 2 aliphatic rings. The molecule has 0 bridgehead atoms. The Morgan fingerprint density at radius 2 is 1.88 bits per heavy atom. The van der Waals surface area contributed by atoms with Crippen LogP contribution >= 0.6 is 0 Å². The maximum atomic E-state index is 13.5. The molecule has 1 aromatic carbocycles. The summed E-state index contributed by atoms with van der Waals surface area (Å²) in [5, 5.41) is 17.9. The molecule has 3 aromatic rings. The Labute approximate surface area is 183 Å². The van der Waals surface area contributed by atoms with Gasteiger partial charge in [0.05, 0.1) is 12.0 Å². The first kappa shape index (κ1) is 20.7. The highest BCUT2D eigenvalue weighted by Crippen LogP contribution is 2.56. The van der Waals surface area contributed by atoms with Crippen LogP contribution in [0.5, 0.6) is 0 Å². The minimum absolute atomic E-state index is 0.0842. The zero-order chi connectivity index (χ0) is 22.6. The summed E-state index contributed by atoms with van der Waals surface area (Å²) in [6.45, 7) is 0. The van der Waals surface area contributed by atoms with Gasteiger partial charge >= 0.3 is 0 Å². The minimum atomic E-state index is -1.02. The van der Waals surface area contributed by atoms with E-state index in [2.05, 4.69) is 20.4 Å². The molecule has 2 saturated carbocycles. The fraction of sp³-hybridized carbons (Fsp3) is 0.455. The van der Waals surface area contributed by atoms with Gasteiger partial charge in [-0.2, -0.15) is 5.10 Å². The Balaban J connectivity index is 1.33. The number of anilines is 1. The molecule has 10 heteroatoms. The van der Waals surface area contributed by atoms with Gasteiger partial charge in [-0.3, -0.25) is 9.48 Å². The monoisotopic (exact) mass is 442 g/mol. The van der Waals surface area contributed by atoms with Crippen molar-refractivity contribution in [1.29, 1.82) is 0 Å². The summed E-state index contributed by atoms with van der Waals surface area (Å²) < 4.78 is 30.0. The number of carbonyl (C=O) groups is 1. The molecule has 0 radical (unpaired) electrons. The summed E-state index contributed by atoms with van der Waals surface area (Å²) >= 11 is 0. The van der Waals surface area contributed by atoms with Crippen LogP contribution in [-0.2, 0) is 19.7 Å². The molecule has 2 aromatic heterocycles. The average molecular weight is 442 g/mol. The molecule has 1 amide bonds. The van der Waals surface area contributed by atoms with Gasteiger partial charge in [-0.25, -0.2) is 18.7 Å². The van der Waals surface area contributed by atoms with Crippen molar-refractivity contribution in [2.24, 2.45) is 25.9 Å². The van der Waals surface area contributed by atoms with Gasteiger partial charge in [0.2, 0.25) is 0 Å². The molecule has 2 aliphatic carbocycles. The van der Waals surface area contributed by atoms with E-state index in [9.17, 15) is 18.7 Å². The first-order valence-corrected chi connectivity index (χ1v) is 10.6. The Morgan fingerprint density at radius 1 is 1.16 bits per heavy atom. The Kier molecular flexibility index (Phi) is 4.85. The third kappa shape index (κ3) is 3.38. The lowest BCUT2D eigenvalue weighted by molar-refractivity contribution is 0.0219. The van der Waals surface area contributed by atoms with Crippen LogP contribution in [0.1, 0.15) is 53.6 Å². The highest BCUT2D eigenvalue weighted by atomic mass is 19.2. The number of aryl methyl sites for hydroxylation is 2. The number of fused-ring (bicyclic) bond motifs is 1. The normalized spacial score (nSPS) is 27.0. The lowest BCUT2D eigenvalue weighted by atomic mass is 9.91. The van der Waals surface area contributed by atoms with Crippen molar-refractivity contribution >= 4 is 11.6 Å². The molecule has 5 rings (SSSR count). The third-order valence-electron chi connectivity index (χ3n) is 6.91. The van der Waals surface area contributed by atoms with Crippen LogP contribution in [0.15, 0.2) is 30.9 Å². The predicted octanol–water partition coefficient (Wildman–Crippen LogP) is 2.87. The minimum Gasteiger partial charge on any atom is -0.382 e. The van der Waals surface area contributed by atoms with Gasteiger partial charge in [-0.1, -0.05) is 0 Å². The summed E-state index contributed by atoms with van der Waals surface area (Å²) in [5.41, 5.74) is 0.299. The fourth-order valence-corrected chi connectivity index (χ4v) is 5.57. The van der Waals surface area contributed by atoms with Crippen molar-refractivity contribution in [2.75, 3.05) is 5.32 Å². The van der Waals surface area contributed by atoms with E-state index in [-0.39, 0.29) is 11.6 Å². The number of aliphatic hydroxyl groups is 1. The van der Waals surface area contributed by atoms with Crippen molar-refractivity contribution in [3.05, 3.63) is 59.7 Å². The maximum absolute atomic E-state index is 13.5. The number of amides is 1. The number of aromatic nitrogens is 5. The predicted molar refractivity (Wildman–Crippen MR) is 111 cm³/mol. The smallest absolute Gasteiger partial charge is 0.274 e. The van der Waals surface area contributed by atoms with Crippen LogP contribution in [0.3, 0.4) is 0 Å². The van der Waals surface area contributed by atoms with Gasteiger partial charge < -0.3 is 15.0 Å². The first-order chi connectivity index (χ1) is 15.2. The third-order valence-corrected chi connectivity index (χ3v) is 6.91. The number of hydrogen-bond acceptors (Lipinski definition) is 5. The van der Waals surface area contributed by atoms with E-state index < -0.39 is 23.1 Å². The Bertz CT molecular complexity index is 1180. The standard InChI is InChI=1S/C22H24F2N6O2/c1-29-11-26-18(19(29)20(31)28-15-3-4-16(23)17(24)7-15)12-5-13-8-22(32,9-14(13)6-12)21-25-10-27-30(21)2/h3-4,7,10-14,32H,5-6,8-9H2,1-2H3,(H,28,31). The molecule has 0 aliphatic heterocycles. The molecule has 2 fully saturated rings. The van der Waals surface area contributed by atoms with E-state index in [1.165, 1.54) is 12.4 Å². The van der Waals surface area contributed by atoms with Gasteiger partial charge in [0.1, 0.15) is 17.6 Å².